The average molecular weight is 527 g/mol. The Balaban J connectivity index is 1.53. The zero-order valence-electron chi connectivity index (χ0n) is 18.4. The summed E-state index contributed by atoms with van der Waals surface area (Å²) in [6.45, 7) is 3.34. The van der Waals surface area contributed by atoms with Gasteiger partial charge in [0.2, 0.25) is 0 Å². The highest BCUT2D eigenvalue weighted by atomic mass is 35.5. The summed E-state index contributed by atoms with van der Waals surface area (Å²) in [5, 5.41) is 2.80. The zero-order valence-corrected chi connectivity index (χ0v) is 21.5. The third-order valence-corrected chi connectivity index (χ3v) is 8.51. The molecule has 3 aromatic carbocycles. The summed E-state index contributed by atoms with van der Waals surface area (Å²) in [5.74, 6) is -0.0356. The number of fused-ring (bicyclic) bond motifs is 1. The number of para-hydroxylation sites is 1. The number of anilines is 1. The van der Waals surface area contributed by atoms with Crippen LogP contribution in [-0.4, -0.2) is 29.1 Å². The van der Waals surface area contributed by atoms with Crippen LogP contribution >= 0.6 is 46.7 Å². The van der Waals surface area contributed by atoms with Crippen LogP contribution in [0.25, 0.3) is 0 Å². The highest BCUT2D eigenvalue weighted by molar-refractivity contribution is 8.19. The molecule has 0 bridgehead atoms. The Hall–Kier alpha value is -2.38. The van der Waals surface area contributed by atoms with E-state index in [4.69, 9.17) is 28.2 Å². The van der Waals surface area contributed by atoms with Gasteiger partial charge in [-0.2, -0.15) is 0 Å². The number of rotatable bonds is 5. The molecule has 0 saturated carbocycles. The van der Waals surface area contributed by atoms with Gasteiger partial charge in [0.1, 0.15) is 9.93 Å². The zero-order chi connectivity index (χ0) is 23.7. The van der Waals surface area contributed by atoms with Crippen LogP contribution < -0.4 is 4.90 Å². The predicted octanol–water partition coefficient (Wildman–Crippen LogP) is 7.60. The molecule has 172 valence electrons. The molecule has 0 N–H and O–H groups in total. The maximum Gasteiger partial charge on any atom is 0.269 e. The quantitative estimate of drug-likeness (QED) is 0.321. The number of amides is 1. The van der Waals surface area contributed by atoms with Crippen LogP contribution in [0.2, 0.25) is 10.0 Å². The van der Waals surface area contributed by atoms with E-state index in [1.165, 1.54) is 17.3 Å². The third-order valence-electron chi connectivity index (χ3n) is 5.57. The number of aliphatic imine (C=N–C) groups is 1. The fraction of sp³-hybridized carbons (Fsp3) is 0.154. The maximum atomic E-state index is 13.7. The largest absolute Gasteiger partial charge is 0.334 e. The van der Waals surface area contributed by atoms with Crippen molar-refractivity contribution in [1.82, 2.24) is 4.90 Å². The topological polar surface area (TPSA) is 35.9 Å². The molecule has 0 radical (unpaired) electrons. The Bertz CT molecular complexity index is 1310. The van der Waals surface area contributed by atoms with Gasteiger partial charge in [0.05, 0.1) is 16.4 Å². The van der Waals surface area contributed by atoms with Crippen LogP contribution in [-0.2, 0) is 11.2 Å². The van der Waals surface area contributed by atoms with Gasteiger partial charge in [-0.3, -0.25) is 9.69 Å². The van der Waals surface area contributed by atoms with Crippen molar-refractivity contribution in [2.75, 3.05) is 18.0 Å². The number of nitrogens with zero attached hydrogens (tertiary/aromatic N) is 3. The molecule has 1 saturated heterocycles. The Morgan fingerprint density at radius 2 is 1.68 bits per heavy atom. The smallest absolute Gasteiger partial charge is 0.269 e. The molecule has 2 aliphatic heterocycles. The van der Waals surface area contributed by atoms with E-state index < -0.39 is 0 Å². The number of carbonyl (C=O) groups excluding carboxylic acids is 1. The van der Waals surface area contributed by atoms with Crippen LogP contribution in [0, 0.1) is 0 Å². The molecular weight excluding hydrogens is 505 g/mol. The Kier molecular flexibility index (Phi) is 6.93. The van der Waals surface area contributed by atoms with Gasteiger partial charge in [0, 0.05) is 23.0 Å². The maximum absolute atomic E-state index is 13.7. The second-order valence-corrected chi connectivity index (χ2v) is 10.6. The lowest BCUT2D eigenvalue weighted by molar-refractivity contribution is -0.122. The monoisotopic (exact) mass is 525 g/mol. The molecule has 0 aliphatic carbocycles. The third kappa shape index (κ3) is 4.60. The van der Waals surface area contributed by atoms with Crippen molar-refractivity contribution in [3.8, 4) is 0 Å². The van der Waals surface area contributed by atoms with Crippen LogP contribution in [0.3, 0.4) is 0 Å². The van der Waals surface area contributed by atoms with E-state index in [1.54, 1.807) is 16.7 Å². The van der Waals surface area contributed by atoms with Crippen LogP contribution in [0.5, 0.6) is 0 Å². The van der Waals surface area contributed by atoms with Gasteiger partial charge in [-0.05, 0) is 61.0 Å². The van der Waals surface area contributed by atoms with Crippen molar-refractivity contribution < 1.29 is 4.79 Å². The number of hydrogen-bond donors (Lipinski definition) is 0. The number of hydrogen-bond acceptors (Lipinski definition) is 5. The molecule has 0 unspecified atom stereocenters. The summed E-state index contributed by atoms with van der Waals surface area (Å²) in [7, 11) is 0. The van der Waals surface area contributed by atoms with Gasteiger partial charge >= 0.3 is 0 Å². The second kappa shape index (κ2) is 10.1. The van der Waals surface area contributed by atoms with E-state index >= 15 is 0 Å². The molecule has 3 aromatic rings. The first-order valence-corrected chi connectivity index (χ1v) is 13.3. The lowest BCUT2D eigenvalue weighted by atomic mass is 10.1. The van der Waals surface area contributed by atoms with Crippen molar-refractivity contribution >= 4 is 69.2 Å². The second-order valence-electron chi connectivity index (χ2n) is 7.73. The van der Waals surface area contributed by atoms with Crippen molar-refractivity contribution in [3.05, 3.63) is 98.3 Å². The molecule has 2 aliphatic rings. The van der Waals surface area contributed by atoms with Crippen molar-refractivity contribution in [3.63, 3.8) is 0 Å². The normalized spacial score (nSPS) is 18.8. The number of benzene rings is 3. The fourth-order valence-electron chi connectivity index (χ4n) is 3.89. The average Bonchev–Trinajstić information content (AvgIpc) is 3.36. The predicted molar refractivity (Wildman–Crippen MR) is 145 cm³/mol. The molecule has 2 heterocycles. The first-order valence-electron chi connectivity index (χ1n) is 10.9. The molecule has 8 heteroatoms. The molecule has 34 heavy (non-hydrogen) atoms. The summed E-state index contributed by atoms with van der Waals surface area (Å²) in [6.07, 6.45) is 0.734. The van der Waals surface area contributed by atoms with Gasteiger partial charge < -0.3 is 4.90 Å². The van der Waals surface area contributed by atoms with Crippen molar-refractivity contribution in [1.29, 1.82) is 0 Å². The summed E-state index contributed by atoms with van der Waals surface area (Å²) in [6, 6.07) is 23.4. The van der Waals surface area contributed by atoms with Gasteiger partial charge in [0.25, 0.3) is 5.91 Å². The van der Waals surface area contributed by atoms with E-state index in [1.807, 2.05) is 60.7 Å². The minimum Gasteiger partial charge on any atom is -0.334 e. The first-order chi connectivity index (χ1) is 16.5. The Morgan fingerprint density at radius 3 is 2.44 bits per heavy atom. The van der Waals surface area contributed by atoms with Gasteiger partial charge in [0.15, 0.2) is 5.17 Å². The van der Waals surface area contributed by atoms with Crippen LogP contribution in [0.4, 0.5) is 11.4 Å². The number of carbonyl (C=O) groups is 1. The van der Waals surface area contributed by atoms with E-state index in [2.05, 4.69) is 24.0 Å². The lowest BCUT2D eigenvalue weighted by Crippen LogP contribution is -2.32. The molecule has 5 rings (SSSR count). The van der Waals surface area contributed by atoms with E-state index in [0.717, 1.165) is 28.6 Å². The van der Waals surface area contributed by atoms with Crippen LogP contribution in [0.15, 0.2) is 92.6 Å². The number of amidine groups is 1. The SMILES string of the molecule is CCN1/C(=C2/SC(=Nc3ccccc3Cl)N(CCc3ccccc3)C2=O)Sc2ccc(Cl)cc21. The van der Waals surface area contributed by atoms with E-state index in [-0.39, 0.29) is 5.91 Å². The van der Waals surface area contributed by atoms with Gasteiger partial charge in [-0.15, -0.1) is 0 Å². The highest BCUT2D eigenvalue weighted by Gasteiger charge is 2.39. The molecule has 0 atom stereocenters. The van der Waals surface area contributed by atoms with Crippen molar-refractivity contribution in [2.45, 2.75) is 18.2 Å². The number of thioether (sulfide) groups is 2. The molecule has 1 amide bonds. The summed E-state index contributed by atoms with van der Waals surface area (Å²) in [5.41, 5.74) is 2.85. The summed E-state index contributed by atoms with van der Waals surface area (Å²) >= 11 is 15.7. The standard InChI is InChI=1S/C26H21Cl2N3OS2/c1-2-30-21-16-18(27)12-13-22(21)33-25(30)23-24(32)31(15-14-17-8-4-3-5-9-17)26(34-23)29-20-11-7-6-10-19(20)28/h3-13,16H,2,14-15H2,1H3/b25-23-,29-26?. The highest BCUT2D eigenvalue weighted by Crippen LogP contribution is 2.51. The first kappa shape index (κ1) is 23.4. The molecule has 4 nitrogen and oxygen atoms in total. The Morgan fingerprint density at radius 1 is 0.912 bits per heavy atom. The number of halogens is 2. The van der Waals surface area contributed by atoms with Crippen molar-refractivity contribution in [2.24, 2.45) is 4.99 Å². The molecular formula is C26H21Cl2N3OS2. The molecule has 1 fully saturated rings. The lowest BCUT2D eigenvalue weighted by Gasteiger charge is -2.19. The molecule has 0 spiro atoms. The minimum absolute atomic E-state index is 0.0356. The van der Waals surface area contributed by atoms with Gasteiger partial charge in [-0.1, -0.05) is 77.4 Å². The van der Waals surface area contributed by atoms with Gasteiger partial charge in [-0.25, -0.2) is 4.99 Å². The fourth-order valence-corrected chi connectivity index (χ4v) is 6.62. The molecule has 0 aromatic heterocycles. The minimum atomic E-state index is -0.0356. The van der Waals surface area contributed by atoms with Crippen LogP contribution in [0.1, 0.15) is 12.5 Å². The summed E-state index contributed by atoms with van der Waals surface area (Å²) in [4.78, 5) is 24.2. The van der Waals surface area contributed by atoms with E-state index in [9.17, 15) is 4.79 Å². The summed E-state index contributed by atoms with van der Waals surface area (Å²) < 4.78 is 0. The Labute approximate surface area is 217 Å². The van der Waals surface area contributed by atoms with E-state index in [0.29, 0.717) is 32.4 Å².